The number of fused-ring (bicyclic) bond motifs is 3. The predicted octanol–water partition coefficient (Wildman–Crippen LogP) is 6.35. The van der Waals surface area contributed by atoms with Gasteiger partial charge in [-0.15, -0.1) is 0 Å². The van der Waals surface area contributed by atoms with Gasteiger partial charge in [-0.3, -0.25) is 0 Å². The molecule has 2 aliphatic heterocycles. The van der Waals surface area contributed by atoms with Crippen LogP contribution in [0.2, 0.25) is 5.02 Å². The fraction of sp³-hybridized carbons (Fsp3) is 0.174. The molecule has 3 aromatic rings. The van der Waals surface area contributed by atoms with Gasteiger partial charge >= 0.3 is 0 Å². The normalized spacial score (nSPS) is 19.8. The predicted molar refractivity (Wildman–Crippen MR) is 118 cm³/mol. The van der Waals surface area contributed by atoms with Crippen molar-refractivity contribution in [1.82, 2.24) is 5.01 Å². The van der Waals surface area contributed by atoms with Crippen molar-refractivity contribution < 1.29 is 9.47 Å². The van der Waals surface area contributed by atoms with Gasteiger partial charge in [0.2, 0.25) is 6.23 Å². The minimum Gasteiger partial charge on any atom is -0.496 e. The van der Waals surface area contributed by atoms with E-state index in [0.29, 0.717) is 5.02 Å². The highest BCUT2D eigenvalue weighted by atomic mass is 79.9. The van der Waals surface area contributed by atoms with Crippen molar-refractivity contribution in [3.63, 3.8) is 0 Å². The van der Waals surface area contributed by atoms with Crippen molar-refractivity contribution in [1.29, 1.82) is 0 Å². The summed E-state index contributed by atoms with van der Waals surface area (Å²) in [5.41, 5.74) is 4.24. The monoisotopic (exact) mass is 468 g/mol. The van der Waals surface area contributed by atoms with Crippen LogP contribution in [-0.4, -0.2) is 17.8 Å². The number of hydrogen-bond donors (Lipinski definition) is 0. The van der Waals surface area contributed by atoms with Crippen LogP contribution < -0.4 is 9.47 Å². The first-order valence-corrected chi connectivity index (χ1v) is 10.5. The zero-order chi connectivity index (χ0) is 20.0. The van der Waals surface area contributed by atoms with Crippen molar-refractivity contribution in [3.05, 3.63) is 92.9 Å². The Labute approximate surface area is 182 Å². The standard InChI is InChI=1S/C23H18BrClN2O2/c1-28-22-9-7-15(11-18(22)24)23-27-20(17-12-16(25)8-10-21(17)29-23)13-19(26-27)14-5-3-2-4-6-14/h2-12,20,23H,13H2,1H3/t20-,23+/m1/s1. The number of hydrazone groups is 1. The Bertz CT molecular complexity index is 1100. The third kappa shape index (κ3) is 3.28. The third-order valence-corrected chi connectivity index (χ3v) is 6.17. The number of benzene rings is 3. The Morgan fingerprint density at radius 3 is 2.69 bits per heavy atom. The van der Waals surface area contributed by atoms with Gasteiger partial charge < -0.3 is 9.47 Å². The van der Waals surface area contributed by atoms with E-state index in [9.17, 15) is 0 Å². The minimum atomic E-state index is -0.336. The molecule has 5 rings (SSSR count). The minimum absolute atomic E-state index is 0.0681. The molecule has 29 heavy (non-hydrogen) atoms. The Morgan fingerprint density at radius 1 is 1.10 bits per heavy atom. The Balaban J connectivity index is 1.60. The molecule has 2 atom stereocenters. The second kappa shape index (κ2) is 7.39. The highest BCUT2D eigenvalue weighted by Crippen LogP contribution is 2.48. The van der Waals surface area contributed by atoms with E-state index in [0.717, 1.165) is 44.8 Å². The zero-order valence-electron chi connectivity index (χ0n) is 15.7. The quantitative estimate of drug-likeness (QED) is 0.448. The van der Waals surface area contributed by atoms with Crippen LogP contribution in [0.5, 0.6) is 11.5 Å². The van der Waals surface area contributed by atoms with Gasteiger partial charge in [-0.1, -0.05) is 41.9 Å². The summed E-state index contributed by atoms with van der Waals surface area (Å²) in [5, 5.41) is 7.73. The summed E-state index contributed by atoms with van der Waals surface area (Å²) >= 11 is 9.88. The summed E-state index contributed by atoms with van der Waals surface area (Å²) in [5.74, 6) is 1.63. The van der Waals surface area contributed by atoms with Crippen molar-refractivity contribution in [2.45, 2.75) is 18.7 Å². The van der Waals surface area contributed by atoms with E-state index in [-0.39, 0.29) is 12.3 Å². The summed E-state index contributed by atoms with van der Waals surface area (Å²) in [6, 6.07) is 22.1. The number of halogens is 2. The molecule has 0 aliphatic carbocycles. The smallest absolute Gasteiger partial charge is 0.213 e. The van der Waals surface area contributed by atoms with E-state index in [2.05, 4.69) is 33.1 Å². The molecular formula is C23H18BrClN2O2. The molecule has 0 aromatic heterocycles. The molecule has 0 N–H and O–H groups in total. The summed E-state index contributed by atoms with van der Waals surface area (Å²) in [7, 11) is 1.66. The van der Waals surface area contributed by atoms with Crippen LogP contribution in [0, 0.1) is 0 Å². The Morgan fingerprint density at radius 2 is 1.93 bits per heavy atom. The molecule has 0 saturated carbocycles. The molecule has 2 heterocycles. The summed E-state index contributed by atoms with van der Waals surface area (Å²) in [6.07, 6.45) is 0.464. The number of hydrogen-bond acceptors (Lipinski definition) is 4. The van der Waals surface area contributed by atoms with E-state index in [4.69, 9.17) is 26.2 Å². The van der Waals surface area contributed by atoms with Gasteiger partial charge in [0.15, 0.2) is 0 Å². The number of rotatable bonds is 3. The van der Waals surface area contributed by atoms with Gasteiger partial charge in [0, 0.05) is 22.6 Å². The van der Waals surface area contributed by atoms with Gasteiger partial charge in [0.05, 0.1) is 23.3 Å². The highest BCUT2D eigenvalue weighted by molar-refractivity contribution is 9.10. The Kier molecular flexibility index (Phi) is 4.72. The maximum atomic E-state index is 6.40. The van der Waals surface area contributed by atoms with Gasteiger partial charge in [-0.05, 0) is 57.9 Å². The molecule has 0 saturated heterocycles. The maximum absolute atomic E-state index is 6.40. The van der Waals surface area contributed by atoms with Crippen molar-refractivity contribution in [2.24, 2.45) is 5.10 Å². The lowest BCUT2D eigenvalue weighted by Gasteiger charge is -2.38. The molecule has 0 unspecified atom stereocenters. The van der Waals surface area contributed by atoms with E-state index in [1.165, 1.54) is 0 Å². The van der Waals surface area contributed by atoms with Crippen molar-refractivity contribution in [2.75, 3.05) is 7.11 Å². The zero-order valence-corrected chi connectivity index (χ0v) is 18.0. The average molecular weight is 470 g/mol. The van der Waals surface area contributed by atoms with Crippen LogP contribution in [0.3, 0.4) is 0 Å². The fourth-order valence-corrected chi connectivity index (χ4v) is 4.66. The molecule has 0 spiro atoms. The van der Waals surface area contributed by atoms with Gasteiger partial charge in [0.1, 0.15) is 11.5 Å². The largest absolute Gasteiger partial charge is 0.496 e. The van der Waals surface area contributed by atoms with Gasteiger partial charge in [-0.2, -0.15) is 5.10 Å². The molecule has 6 heteroatoms. The van der Waals surface area contributed by atoms with E-state index in [1.54, 1.807) is 7.11 Å². The first-order chi connectivity index (χ1) is 14.1. The fourth-order valence-electron chi connectivity index (χ4n) is 3.92. The lowest BCUT2D eigenvalue weighted by atomic mass is 9.96. The van der Waals surface area contributed by atoms with E-state index >= 15 is 0 Å². The SMILES string of the molecule is COc1ccc([C@@H]2Oc3ccc(Cl)cc3[C@H]3CC(c4ccccc4)=NN32)cc1Br. The maximum Gasteiger partial charge on any atom is 0.213 e. The van der Waals surface area contributed by atoms with Crippen LogP contribution >= 0.6 is 27.5 Å². The van der Waals surface area contributed by atoms with E-state index < -0.39 is 0 Å². The van der Waals surface area contributed by atoms with Crippen LogP contribution in [0.1, 0.15) is 35.4 Å². The van der Waals surface area contributed by atoms with Crippen molar-refractivity contribution >= 4 is 33.2 Å². The third-order valence-electron chi connectivity index (χ3n) is 5.32. The van der Waals surface area contributed by atoms with Crippen LogP contribution in [-0.2, 0) is 0 Å². The molecule has 0 bridgehead atoms. The number of nitrogens with zero attached hydrogens (tertiary/aromatic N) is 2. The van der Waals surface area contributed by atoms with Crippen molar-refractivity contribution in [3.8, 4) is 11.5 Å². The molecule has 0 fully saturated rings. The lowest BCUT2D eigenvalue weighted by Crippen LogP contribution is -2.33. The molecule has 0 radical (unpaired) electrons. The molecule has 0 amide bonds. The first-order valence-electron chi connectivity index (χ1n) is 9.35. The second-order valence-electron chi connectivity index (χ2n) is 7.06. The Hall–Kier alpha value is -2.50. The average Bonchev–Trinajstić information content (AvgIpc) is 3.20. The number of ether oxygens (including phenoxy) is 2. The topological polar surface area (TPSA) is 34.1 Å². The van der Waals surface area contributed by atoms with Gasteiger partial charge in [0.25, 0.3) is 0 Å². The summed E-state index contributed by atoms with van der Waals surface area (Å²) in [4.78, 5) is 0. The second-order valence-corrected chi connectivity index (χ2v) is 8.35. The summed E-state index contributed by atoms with van der Waals surface area (Å²) in [6.45, 7) is 0. The number of methoxy groups -OCH3 is 1. The molecule has 4 nitrogen and oxygen atoms in total. The van der Waals surface area contributed by atoms with Crippen LogP contribution in [0.25, 0.3) is 0 Å². The highest BCUT2D eigenvalue weighted by Gasteiger charge is 2.41. The van der Waals surface area contributed by atoms with E-state index in [1.807, 2.05) is 54.6 Å². The van der Waals surface area contributed by atoms with Gasteiger partial charge in [-0.25, -0.2) is 5.01 Å². The first kappa shape index (κ1) is 18.5. The molecule has 2 aliphatic rings. The molecule has 146 valence electrons. The molecule has 3 aromatic carbocycles. The molecular weight excluding hydrogens is 452 g/mol. The van der Waals surface area contributed by atoms with Crippen LogP contribution in [0.4, 0.5) is 0 Å². The van der Waals surface area contributed by atoms with Crippen LogP contribution in [0.15, 0.2) is 76.3 Å². The summed E-state index contributed by atoms with van der Waals surface area (Å²) < 4.78 is 12.7. The lowest BCUT2D eigenvalue weighted by molar-refractivity contribution is -0.0190.